The van der Waals surface area contributed by atoms with Gasteiger partial charge < -0.3 is 9.64 Å². The van der Waals surface area contributed by atoms with E-state index >= 15 is 0 Å². The molecule has 3 aromatic rings. The molecule has 2 aromatic carbocycles. The lowest BCUT2D eigenvalue weighted by atomic mass is 9.62. The van der Waals surface area contributed by atoms with Crippen molar-refractivity contribution in [2.45, 2.75) is 57.8 Å². The largest absolute Gasteiger partial charge is 0.477 e. The lowest BCUT2D eigenvalue weighted by Gasteiger charge is -2.45. The van der Waals surface area contributed by atoms with Crippen LogP contribution in [0.5, 0.6) is 5.88 Å². The average molecular weight is 563 g/mol. The van der Waals surface area contributed by atoms with Gasteiger partial charge in [0.1, 0.15) is 0 Å². The molecule has 1 fully saturated rings. The molecule has 2 heterocycles. The van der Waals surface area contributed by atoms with Gasteiger partial charge in [-0.3, -0.25) is 0 Å². The van der Waals surface area contributed by atoms with Crippen LogP contribution in [0, 0.1) is 37.5 Å². The highest BCUT2D eigenvalue weighted by Crippen LogP contribution is 2.49. The number of hydrogen-bond acceptors (Lipinski definition) is 6. The van der Waals surface area contributed by atoms with Crippen LogP contribution in [0.3, 0.4) is 0 Å². The molecule has 2 aliphatic rings. The summed E-state index contributed by atoms with van der Waals surface area (Å²) >= 11 is 0. The van der Waals surface area contributed by atoms with Crippen molar-refractivity contribution in [1.29, 1.82) is 0 Å². The number of nitrogens with one attached hydrogen (secondary N) is 1. The van der Waals surface area contributed by atoms with E-state index in [0.29, 0.717) is 35.9 Å². The van der Waals surface area contributed by atoms with Gasteiger partial charge in [0.05, 0.1) is 17.2 Å². The minimum Gasteiger partial charge on any atom is -0.477 e. The maximum atomic E-state index is 13.6. The van der Waals surface area contributed by atoms with E-state index in [9.17, 15) is 8.42 Å². The summed E-state index contributed by atoms with van der Waals surface area (Å²) in [5, 5.41) is 0. The van der Waals surface area contributed by atoms with Gasteiger partial charge in [-0.2, -0.15) is 4.98 Å². The molecule has 214 valence electrons. The van der Waals surface area contributed by atoms with Gasteiger partial charge in [-0.05, 0) is 99.7 Å². The van der Waals surface area contributed by atoms with Crippen molar-refractivity contribution in [2.75, 3.05) is 32.0 Å². The molecular formula is C32H42N4O3S. The van der Waals surface area contributed by atoms with Crippen molar-refractivity contribution in [3.8, 4) is 17.1 Å². The highest BCUT2D eigenvalue weighted by molar-refractivity contribution is 7.92. The topological polar surface area (TPSA) is 84.4 Å². The van der Waals surface area contributed by atoms with Crippen LogP contribution in [0.2, 0.25) is 0 Å². The number of nitrogens with zero attached hydrogens (tertiary/aromatic N) is 3. The van der Waals surface area contributed by atoms with Crippen molar-refractivity contribution >= 4 is 16.0 Å². The lowest BCUT2D eigenvalue weighted by Crippen LogP contribution is -2.39. The third-order valence-corrected chi connectivity index (χ3v) is 9.68. The normalized spacial score (nSPS) is 23.9. The summed E-state index contributed by atoms with van der Waals surface area (Å²) in [5.74, 6) is 2.45. The molecule has 4 bridgehead atoms. The Bertz CT molecular complexity index is 1440. The Morgan fingerprint density at radius 2 is 1.73 bits per heavy atom. The first kappa shape index (κ1) is 28.6. The summed E-state index contributed by atoms with van der Waals surface area (Å²) in [5.41, 5.74) is 4.80. The Kier molecular flexibility index (Phi) is 8.20. The number of aryl methyl sites for hydroxylation is 2. The number of anilines is 1. The molecule has 40 heavy (non-hydrogen) atoms. The van der Waals surface area contributed by atoms with E-state index in [1.165, 1.54) is 0 Å². The van der Waals surface area contributed by atoms with E-state index in [2.05, 4.69) is 53.6 Å². The van der Waals surface area contributed by atoms with Crippen LogP contribution >= 0.6 is 0 Å². The number of sulfonamides is 1. The molecule has 1 aliphatic heterocycles. The van der Waals surface area contributed by atoms with Gasteiger partial charge in [0.2, 0.25) is 11.8 Å². The number of fused-ring (bicyclic) bond motifs is 4. The SMILES string of the molecule is Cc1cccc(C)c1-c1cc2nc(n1)NS(=O)(=O)c1cccc(c1)C([C@H]1C[C@@H](CN(C)C)C1)C(CC(C)C)CO2. The number of rotatable bonds is 6. The molecule has 5 rings (SSSR count). The Hall–Kier alpha value is -2.97. The van der Waals surface area contributed by atoms with Crippen molar-refractivity contribution in [2.24, 2.45) is 23.7 Å². The maximum absolute atomic E-state index is 13.6. The Morgan fingerprint density at radius 1 is 1.02 bits per heavy atom. The Labute approximate surface area is 239 Å². The minimum atomic E-state index is -3.91. The predicted octanol–water partition coefficient (Wildman–Crippen LogP) is 6.29. The molecule has 0 spiro atoms. The summed E-state index contributed by atoms with van der Waals surface area (Å²) in [6, 6.07) is 15.4. The van der Waals surface area contributed by atoms with Gasteiger partial charge in [-0.15, -0.1) is 0 Å². The van der Waals surface area contributed by atoms with Crippen molar-refractivity contribution in [1.82, 2.24) is 14.9 Å². The van der Waals surface area contributed by atoms with Crippen LogP contribution in [-0.4, -0.2) is 50.5 Å². The molecule has 0 amide bonds. The third-order valence-electron chi connectivity index (χ3n) is 8.35. The van der Waals surface area contributed by atoms with Gasteiger partial charge in [-0.25, -0.2) is 18.1 Å². The zero-order chi connectivity index (χ0) is 28.6. The average Bonchev–Trinajstić information content (AvgIpc) is 2.84. The quantitative estimate of drug-likeness (QED) is 0.380. The molecular weight excluding hydrogens is 520 g/mol. The second kappa shape index (κ2) is 11.5. The molecule has 1 saturated carbocycles. The van der Waals surface area contributed by atoms with Crippen LogP contribution < -0.4 is 9.46 Å². The van der Waals surface area contributed by atoms with E-state index in [1.807, 2.05) is 50.2 Å². The van der Waals surface area contributed by atoms with Crippen molar-refractivity contribution in [3.63, 3.8) is 0 Å². The van der Waals surface area contributed by atoms with Gasteiger partial charge in [-0.1, -0.05) is 44.2 Å². The van der Waals surface area contributed by atoms with Gasteiger partial charge >= 0.3 is 0 Å². The third kappa shape index (κ3) is 6.18. The fraction of sp³-hybridized carbons (Fsp3) is 0.500. The number of aromatic nitrogens is 2. The van der Waals surface area contributed by atoms with E-state index in [0.717, 1.165) is 48.1 Å². The molecule has 0 saturated heterocycles. The summed E-state index contributed by atoms with van der Waals surface area (Å²) < 4.78 is 36.4. The number of ether oxygens (including phenoxy) is 1. The van der Waals surface area contributed by atoms with Gasteiger partial charge in [0.25, 0.3) is 10.0 Å². The van der Waals surface area contributed by atoms with Gasteiger partial charge in [0, 0.05) is 24.1 Å². The Balaban J connectivity index is 1.60. The zero-order valence-corrected chi connectivity index (χ0v) is 25.3. The monoisotopic (exact) mass is 562 g/mol. The molecule has 2 unspecified atom stereocenters. The molecule has 8 heteroatoms. The fourth-order valence-corrected chi connectivity index (χ4v) is 7.75. The van der Waals surface area contributed by atoms with E-state index in [4.69, 9.17) is 4.74 Å². The standard InChI is InChI=1S/C32H42N4O3S/c1-20(2)13-26-19-39-29-17-28(30-21(3)9-7-10-22(30)4)33-32(34-29)35-40(37,38)27-12-8-11-24(16-27)31(26)25-14-23(15-25)18-36(5)6/h7-12,16-17,20,23,25-26,31H,13-15,18-19H2,1-6H3,(H,33,34,35)/t23-,25+,26?,31?. The molecule has 0 radical (unpaired) electrons. The summed E-state index contributed by atoms with van der Waals surface area (Å²) in [7, 11) is 0.347. The highest BCUT2D eigenvalue weighted by Gasteiger charge is 2.40. The van der Waals surface area contributed by atoms with E-state index in [-0.39, 0.29) is 22.7 Å². The maximum Gasteiger partial charge on any atom is 0.264 e. The molecule has 2 atom stereocenters. The smallest absolute Gasteiger partial charge is 0.264 e. The summed E-state index contributed by atoms with van der Waals surface area (Å²) in [6.45, 7) is 10.1. The van der Waals surface area contributed by atoms with Crippen molar-refractivity contribution in [3.05, 3.63) is 65.2 Å². The van der Waals surface area contributed by atoms with Crippen molar-refractivity contribution < 1.29 is 13.2 Å². The summed E-state index contributed by atoms with van der Waals surface area (Å²) in [6.07, 6.45) is 3.26. The van der Waals surface area contributed by atoms with Crippen LogP contribution in [0.4, 0.5) is 5.95 Å². The summed E-state index contributed by atoms with van der Waals surface area (Å²) in [4.78, 5) is 11.7. The molecule has 1 N–H and O–H groups in total. The highest BCUT2D eigenvalue weighted by atomic mass is 32.2. The number of hydrogen-bond donors (Lipinski definition) is 1. The first-order valence-electron chi connectivity index (χ1n) is 14.4. The zero-order valence-electron chi connectivity index (χ0n) is 24.5. The van der Waals surface area contributed by atoms with Crippen LogP contribution in [0.15, 0.2) is 53.4 Å². The number of benzene rings is 2. The Morgan fingerprint density at radius 3 is 2.40 bits per heavy atom. The van der Waals surface area contributed by atoms with Crippen LogP contribution in [-0.2, 0) is 10.0 Å². The molecule has 7 nitrogen and oxygen atoms in total. The fourth-order valence-electron chi connectivity index (χ4n) is 6.75. The van der Waals surface area contributed by atoms with E-state index in [1.54, 1.807) is 6.07 Å². The molecule has 1 aliphatic carbocycles. The second-order valence-corrected chi connectivity index (χ2v) is 14.1. The predicted molar refractivity (Wildman–Crippen MR) is 160 cm³/mol. The first-order valence-corrected chi connectivity index (χ1v) is 15.8. The van der Waals surface area contributed by atoms with Gasteiger partial charge in [0.15, 0.2) is 0 Å². The first-order chi connectivity index (χ1) is 19.0. The lowest BCUT2D eigenvalue weighted by molar-refractivity contribution is 0.0797. The second-order valence-electron chi connectivity index (χ2n) is 12.4. The minimum absolute atomic E-state index is 0.0172. The van der Waals surface area contributed by atoms with Crippen LogP contribution in [0.25, 0.3) is 11.3 Å². The van der Waals surface area contributed by atoms with E-state index < -0.39 is 10.0 Å². The molecule has 1 aromatic heterocycles. The van der Waals surface area contributed by atoms with Crippen LogP contribution in [0.1, 0.15) is 55.7 Å².